The van der Waals surface area contributed by atoms with E-state index in [9.17, 15) is 14.7 Å². The van der Waals surface area contributed by atoms with Crippen LogP contribution in [0.3, 0.4) is 0 Å². The molecule has 122 valence electrons. The second-order valence-electron chi connectivity index (χ2n) is 5.32. The van der Waals surface area contributed by atoms with Crippen LogP contribution in [0.4, 0.5) is 0 Å². The van der Waals surface area contributed by atoms with Gasteiger partial charge in [-0.3, -0.25) is 4.79 Å². The van der Waals surface area contributed by atoms with E-state index in [0.717, 1.165) is 10.9 Å². The molecule has 0 spiro atoms. The van der Waals surface area contributed by atoms with Gasteiger partial charge in [0.15, 0.2) is 6.04 Å². The number of hydrogen-bond donors (Lipinski definition) is 1. The first-order valence-electron chi connectivity index (χ1n) is 7.24. The predicted molar refractivity (Wildman–Crippen MR) is 80.4 cm³/mol. The number of morpholine rings is 1. The van der Waals surface area contributed by atoms with Crippen molar-refractivity contribution in [3.63, 3.8) is 0 Å². The van der Waals surface area contributed by atoms with Crippen LogP contribution in [0.25, 0.3) is 11.0 Å². The summed E-state index contributed by atoms with van der Waals surface area (Å²) in [6.07, 6.45) is 1.61. The van der Waals surface area contributed by atoms with Crippen LogP contribution in [0.1, 0.15) is 5.56 Å². The number of carboxylic acids is 1. The number of furan rings is 1. The molecule has 1 aliphatic heterocycles. The molecule has 1 saturated heterocycles. The Morgan fingerprint density at radius 2 is 2.26 bits per heavy atom. The first kappa shape index (κ1) is 15.4. The molecule has 7 heteroatoms. The monoisotopic (exact) mass is 319 g/mol. The van der Waals surface area contributed by atoms with Crippen LogP contribution in [0.15, 0.2) is 28.9 Å². The highest BCUT2D eigenvalue weighted by Gasteiger charge is 2.32. The molecule has 1 amide bonds. The Balaban J connectivity index is 1.81. The van der Waals surface area contributed by atoms with E-state index in [4.69, 9.17) is 13.9 Å². The summed E-state index contributed by atoms with van der Waals surface area (Å²) < 4.78 is 15.7. The van der Waals surface area contributed by atoms with Crippen LogP contribution in [-0.2, 0) is 20.7 Å². The molecule has 1 aromatic heterocycles. The van der Waals surface area contributed by atoms with E-state index < -0.39 is 12.0 Å². The lowest BCUT2D eigenvalue weighted by atomic mass is 10.1. The van der Waals surface area contributed by atoms with Crippen molar-refractivity contribution in [2.45, 2.75) is 12.5 Å². The Labute approximate surface area is 132 Å². The van der Waals surface area contributed by atoms with Gasteiger partial charge < -0.3 is 23.9 Å². The molecule has 7 nitrogen and oxygen atoms in total. The van der Waals surface area contributed by atoms with Crippen LogP contribution in [0.2, 0.25) is 0 Å². The van der Waals surface area contributed by atoms with E-state index >= 15 is 0 Å². The maximum absolute atomic E-state index is 12.5. The van der Waals surface area contributed by atoms with Crippen molar-refractivity contribution in [1.29, 1.82) is 0 Å². The summed E-state index contributed by atoms with van der Waals surface area (Å²) in [5.74, 6) is -0.636. The number of hydrogen-bond acceptors (Lipinski definition) is 5. The molecule has 23 heavy (non-hydrogen) atoms. The third-order valence-corrected chi connectivity index (χ3v) is 3.94. The van der Waals surface area contributed by atoms with Gasteiger partial charge in [-0.05, 0) is 12.1 Å². The molecule has 2 aromatic rings. The Bertz CT molecular complexity index is 737. The molecule has 0 radical (unpaired) electrons. The fourth-order valence-corrected chi connectivity index (χ4v) is 2.70. The van der Waals surface area contributed by atoms with Gasteiger partial charge in [0, 0.05) is 23.6 Å². The highest BCUT2D eigenvalue weighted by Crippen LogP contribution is 2.26. The van der Waals surface area contributed by atoms with Crippen molar-refractivity contribution in [1.82, 2.24) is 4.90 Å². The van der Waals surface area contributed by atoms with Crippen LogP contribution in [0.5, 0.6) is 5.75 Å². The third-order valence-electron chi connectivity index (χ3n) is 3.94. The van der Waals surface area contributed by atoms with Gasteiger partial charge in [-0.1, -0.05) is 0 Å². The Morgan fingerprint density at radius 3 is 3.00 bits per heavy atom. The van der Waals surface area contributed by atoms with Crippen molar-refractivity contribution in [3.05, 3.63) is 30.0 Å². The molecular formula is C16H17NO6. The average Bonchev–Trinajstić information content (AvgIpc) is 2.96. The number of carboxylic acid groups (broad SMARTS) is 1. The predicted octanol–water partition coefficient (Wildman–Crippen LogP) is 1.30. The Morgan fingerprint density at radius 1 is 1.43 bits per heavy atom. The van der Waals surface area contributed by atoms with Gasteiger partial charge in [0.2, 0.25) is 5.91 Å². The van der Waals surface area contributed by atoms with Crippen molar-refractivity contribution in [2.24, 2.45) is 0 Å². The molecule has 3 rings (SSSR count). The molecule has 1 atom stereocenters. The summed E-state index contributed by atoms with van der Waals surface area (Å²) in [5.41, 5.74) is 1.35. The standard InChI is InChI=1S/C16H17NO6/c1-21-11-2-3-12-10(8-23-14(12)7-11)6-15(18)17-4-5-22-9-13(17)16(19)20/h2-3,7-8,13H,4-6,9H2,1H3,(H,19,20). The van der Waals surface area contributed by atoms with E-state index in [-0.39, 0.29) is 25.5 Å². The second kappa shape index (κ2) is 6.29. The smallest absolute Gasteiger partial charge is 0.328 e. The lowest BCUT2D eigenvalue weighted by Gasteiger charge is -2.32. The molecule has 0 bridgehead atoms. The Kier molecular flexibility index (Phi) is 4.20. The molecule has 1 aliphatic rings. The molecule has 1 unspecified atom stereocenters. The number of carbonyl (C=O) groups excluding carboxylic acids is 1. The largest absolute Gasteiger partial charge is 0.497 e. The molecule has 0 aliphatic carbocycles. The fourth-order valence-electron chi connectivity index (χ4n) is 2.70. The lowest BCUT2D eigenvalue weighted by Crippen LogP contribution is -2.53. The topological polar surface area (TPSA) is 89.2 Å². The number of nitrogens with zero attached hydrogens (tertiary/aromatic N) is 1. The molecule has 1 N–H and O–H groups in total. The van der Waals surface area contributed by atoms with Crippen LogP contribution in [-0.4, -0.2) is 54.8 Å². The molecular weight excluding hydrogens is 302 g/mol. The van der Waals surface area contributed by atoms with E-state index in [0.29, 0.717) is 17.9 Å². The maximum Gasteiger partial charge on any atom is 0.328 e. The van der Waals surface area contributed by atoms with Gasteiger partial charge in [0.05, 0.1) is 33.0 Å². The molecule has 1 aromatic carbocycles. The molecule has 1 fully saturated rings. The number of ether oxygens (including phenoxy) is 2. The van der Waals surface area contributed by atoms with E-state index in [2.05, 4.69) is 0 Å². The van der Waals surface area contributed by atoms with Crippen molar-refractivity contribution >= 4 is 22.8 Å². The zero-order valence-electron chi connectivity index (χ0n) is 12.7. The Hall–Kier alpha value is -2.54. The summed E-state index contributed by atoms with van der Waals surface area (Å²) in [7, 11) is 1.57. The number of amides is 1. The van der Waals surface area contributed by atoms with E-state index in [1.807, 2.05) is 6.07 Å². The van der Waals surface area contributed by atoms with Gasteiger partial charge in [0.25, 0.3) is 0 Å². The summed E-state index contributed by atoms with van der Waals surface area (Å²) in [4.78, 5) is 25.1. The summed E-state index contributed by atoms with van der Waals surface area (Å²) >= 11 is 0. The van der Waals surface area contributed by atoms with Gasteiger partial charge >= 0.3 is 5.97 Å². The van der Waals surface area contributed by atoms with Crippen LogP contribution < -0.4 is 4.74 Å². The van der Waals surface area contributed by atoms with Crippen molar-refractivity contribution in [3.8, 4) is 5.75 Å². The maximum atomic E-state index is 12.5. The fraction of sp³-hybridized carbons (Fsp3) is 0.375. The summed E-state index contributed by atoms with van der Waals surface area (Å²) in [6, 6.07) is 4.43. The van der Waals surface area contributed by atoms with E-state index in [1.165, 1.54) is 11.2 Å². The first-order valence-corrected chi connectivity index (χ1v) is 7.24. The van der Waals surface area contributed by atoms with Gasteiger partial charge in [-0.2, -0.15) is 0 Å². The zero-order chi connectivity index (χ0) is 16.4. The normalized spacial score (nSPS) is 18.1. The average molecular weight is 319 g/mol. The van der Waals surface area contributed by atoms with Gasteiger partial charge in [-0.15, -0.1) is 0 Å². The minimum absolute atomic E-state index is 0.0183. The van der Waals surface area contributed by atoms with E-state index in [1.54, 1.807) is 19.2 Å². The van der Waals surface area contributed by atoms with Crippen LogP contribution in [0, 0.1) is 0 Å². The highest BCUT2D eigenvalue weighted by atomic mass is 16.5. The quantitative estimate of drug-likeness (QED) is 0.913. The first-order chi connectivity index (χ1) is 11.1. The minimum Gasteiger partial charge on any atom is -0.497 e. The summed E-state index contributed by atoms with van der Waals surface area (Å²) in [5, 5.41) is 10.0. The van der Waals surface area contributed by atoms with Gasteiger partial charge in [-0.25, -0.2) is 4.79 Å². The molecule has 0 saturated carbocycles. The second-order valence-corrected chi connectivity index (χ2v) is 5.32. The number of methoxy groups -OCH3 is 1. The zero-order valence-corrected chi connectivity index (χ0v) is 12.7. The number of aliphatic carboxylic acids is 1. The highest BCUT2D eigenvalue weighted by molar-refractivity contribution is 5.90. The SMILES string of the molecule is COc1ccc2c(CC(=O)N3CCOCC3C(=O)O)coc2c1. The van der Waals surface area contributed by atoms with Crippen LogP contribution >= 0.6 is 0 Å². The minimum atomic E-state index is -1.06. The number of benzene rings is 1. The number of carbonyl (C=O) groups is 2. The number of rotatable bonds is 4. The lowest BCUT2D eigenvalue weighted by molar-refractivity contribution is -0.157. The summed E-state index contributed by atoms with van der Waals surface area (Å²) in [6.45, 7) is 0.642. The van der Waals surface area contributed by atoms with Gasteiger partial charge in [0.1, 0.15) is 11.3 Å². The third kappa shape index (κ3) is 3.00. The van der Waals surface area contributed by atoms with Crippen molar-refractivity contribution < 1.29 is 28.6 Å². The van der Waals surface area contributed by atoms with Crippen molar-refractivity contribution in [2.75, 3.05) is 26.9 Å². The number of fused-ring (bicyclic) bond motifs is 1. The molecule has 2 heterocycles.